The van der Waals surface area contributed by atoms with Crippen LogP contribution in [0.4, 0.5) is 8.78 Å². The van der Waals surface area contributed by atoms with Crippen molar-refractivity contribution in [2.75, 3.05) is 26.7 Å². The normalized spacial score (nSPS) is 8.00. The first-order valence-electron chi connectivity index (χ1n) is 2.64. The number of alkyl halides is 2. The Morgan fingerprint density at radius 1 is 1.44 bits per heavy atom. The van der Waals surface area contributed by atoms with Gasteiger partial charge in [0, 0.05) is 0 Å². The van der Waals surface area contributed by atoms with E-state index in [4.69, 9.17) is 5.11 Å². The molecule has 0 bridgehead atoms. The molecule has 58 valence electrons. The topological polar surface area (TPSA) is 29.5 Å². The van der Waals surface area contributed by atoms with E-state index in [0.717, 1.165) is 0 Å². The first-order valence-corrected chi connectivity index (χ1v) is 2.64. The molecule has 0 spiro atoms. The molecule has 0 aliphatic rings. The van der Waals surface area contributed by atoms with Gasteiger partial charge in [0.05, 0.1) is 19.9 Å². The second-order valence-electron chi connectivity index (χ2n) is 1.01. The number of aliphatic hydroxyl groups is 1. The molecule has 4 heteroatoms. The third-order valence-electron chi connectivity index (χ3n) is 0.313. The van der Waals surface area contributed by atoms with Gasteiger partial charge in [0.2, 0.25) is 0 Å². The lowest BCUT2D eigenvalue weighted by atomic mass is 10.8. The molecular formula is C5H12F2O2. The van der Waals surface area contributed by atoms with Gasteiger partial charge in [-0.25, -0.2) is 4.39 Å². The predicted molar refractivity (Wildman–Crippen MR) is 30.7 cm³/mol. The van der Waals surface area contributed by atoms with Crippen LogP contribution in [0.5, 0.6) is 0 Å². The van der Waals surface area contributed by atoms with Crippen LogP contribution in [0.3, 0.4) is 0 Å². The Bertz CT molecular complexity index is 32.1. The van der Waals surface area contributed by atoms with E-state index in [9.17, 15) is 8.78 Å². The first-order chi connectivity index (χ1) is 4.33. The number of hydrogen-bond donors (Lipinski definition) is 1. The van der Waals surface area contributed by atoms with Crippen molar-refractivity contribution < 1.29 is 18.6 Å². The van der Waals surface area contributed by atoms with E-state index in [1.165, 1.54) is 6.92 Å². The van der Waals surface area contributed by atoms with Crippen LogP contribution in [0.25, 0.3) is 0 Å². The summed E-state index contributed by atoms with van der Waals surface area (Å²) < 4.78 is 25.2. The molecule has 9 heavy (non-hydrogen) atoms. The summed E-state index contributed by atoms with van der Waals surface area (Å²) in [5.74, 6) is 0. The van der Waals surface area contributed by atoms with Crippen molar-refractivity contribution in [3.8, 4) is 0 Å². The minimum absolute atomic E-state index is 0.0938. The monoisotopic (exact) mass is 142 g/mol. The Hall–Kier alpha value is -0.220. The quantitative estimate of drug-likeness (QED) is 0.593. The van der Waals surface area contributed by atoms with Crippen LogP contribution in [0, 0.1) is 0 Å². The number of ether oxygens (including phenoxy) is 1. The third-order valence-corrected chi connectivity index (χ3v) is 0.313. The summed E-state index contributed by atoms with van der Waals surface area (Å²) in [4.78, 5) is 0. The lowest BCUT2D eigenvalue weighted by Gasteiger charge is -1.88. The highest BCUT2D eigenvalue weighted by molar-refractivity contribution is 4.15. The van der Waals surface area contributed by atoms with E-state index in [1.54, 1.807) is 0 Å². The third kappa shape index (κ3) is 33.6. The fraction of sp³-hybridized carbons (Fsp3) is 1.00. The Balaban J connectivity index is 0. The van der Waals surface area contributed by atoms with Gasteiger partial charge in [0.25, 0.3) is 0 Å². The number of hydrogen-bond acceptors (Lipinski definition) is 2. The summed E-state index contributed by atoms with van der Waals surface area (Å²) >= 11 is 0. The predicted octanol–water partition coefficient (Wildman–Crippen LogP) is 0.898. The van der Waals surface area contributed by atoms with Crippen LogP contribution in [0.2, 0.25) is 0 Å². The summed E-state index contributed by atoms with van der Waals surface area (Å²) in [7, 11) is 0. The van der Waals surface area contributed by atoms with Gasteiger partial charge in [-0.15, -0.1) is 0 Å². The highest BCUT2D eigenvalue weighted by Crippen LogP contribution is 1.69. The fourth-order valence-electron chi connectivity index (χ4n) is 0.119. The van der Waals surface area contributed by atoms with Crippen molar-refractivity contribution in [1.82, 2.24) is 0 Å². The molecule has 0 heterocycles. The van der Waals surface area contributed by atoms with Crippen molar-refractivity contribution in [2.45, 2.75) is 6.92 Å². The van der Waals surface area contributed by atoms with E-state index < -0.39 is 6.86 Å². The smallest absolute Gasteiger partial charge is 0.188 e. The second-order valence-corrected chi connectivity index (χ2v) is 1.01. The SMILES string of the molecule is CCF.OCCOCF. The van der Waals surface area contributed by atoms with Gasteiger partial charge in [0.1, 0.15) is 0 Å². The molecule has 0 rings (SSSR count). The highest BCUT2D eigenvalue weighted by atomic mass is 19.1. The summed E-state index contributed by atoms with van der Waals surface area (Å²) in [5.41, 5.74) is 0. The molecule has 0 aliphatic carbocycles. The van der Waals surface area contributed by atoms with Crippen molar-refractivity contribution in [3.63, 3.8) is 0 Å². The number of rotatable bonds is 3. The molecule has 0 aromatic heterocycles. The van der Waals surface area contributed by atoms with Crippen LogP contribution >= 0.6 is 0 Å². The van der Waals surface area contributed by atoms with Gasteiger partial charge in [-0.1, -0.05) is 0 Å². The van der Waals surface area contributed by atoms with Crippen molar-refractivity contribution >= 4 is 0 Å². The lowest BCUT2D eigenvalue weighted by molar-refractivity contribution is 0.0343. The van der Waals surface area contributed by atoms with E-state index in [1.807, 2.05) is 0 Å². The number of aliphatic hydroxyl groups excluding tert-OH is 1. The Labute approximate surface area is 53.4 Å². The Kier molecular flexibility index (Phi) is 20.1. The van der Waals surface area contributed by atoms with Gasteiger partial charge in [-0.2, -0.15) is 0 Å². The average Bonchev–Trinajstić information content (AvgIpc) is 1.86. The molecule has 0 unspecified atom stereocenters. The summed E-state index contributed by atoms with van der Waals surface area (Å²) in [5, 5.41) is 7.91. The largest absolute Gasteiger partial charge is 0.394 e. The molecule has 0 atom stereocenters. The van der Waals surface area contributed by atoms with Crippen LogP contribution < -0.4 is 0 Å². The summed E-state index contributed by atoms with van der Waals surface area (Å²) in [6.07, 6.45) is 0. The zero-order valence-corrected chi connectivity index (χ0v) is 5.44. The van der Waals surface area contributed by atoms with Gasteiger partial charge >= 0.3 is 0 Å². The molecule has 0 saturated carbocycles. The van der Waals surface area contributed by atoms with Gasteiger partial charge in [-0.3, -0.25) is 4.39 Å². The van der Waals surface area contributed by atoms with Crippen molar-refractivity contribution in [1.29, 1.82) is 0 Å². The minimum atomic E-state index is -0.805. The molecule has 1 N–H and O–H groups in total. The van der Waals surface area contributed by atoms with Crippen molar-refractivity contribution in [2.24, 2.45) is 0 Å². The van der Waals surface area contributed by atoms with E-state index in [0.29, 0.717) is 0 Å². The first kappa shape index (κ1) is 11.6. The summed E-state index contributed by atoms with van der Waals surface area (Å²) in [6.45, 7) is 0.390. The van der Waals surface area contributed by atoms with E-state index in [2.05, 4.69) is 4.74 Å². The molecule has 0 fully saturated rings. The van der Waals surface area contributed by atoms with E-state index in [-0.39, 0.29) is 19.9 Å². The van der Waals surface area contributed by atoms with Crippen molar-refractivity contribution in [3.05, 3.63) is 0 Å². The van der Waals surface area contributed by atoms with Crippen LogP contribution in [0.15, 0.2) is 0 Å². The molecule has 0 radical (unpaired) electrons. The zero-order chi connectivity index (χ0) is 7.54. The maximum absolute atomic E-state index is 10.8. The molecule has 0 saturated heterocycles. The van der Waals surface area contributed by atoms with Crippen LogP contribution in [0.1, 0.15) is 6.92 Å². The maximum atomic E-state index is 10.8. The lowest BCUT2D eigenvalue weighted by Crippen LogP contribution is -1.95. The number of halogens is 2. The van der Waals surface area contributed by atoms with Gasteiger partial charge in [-0.05, 0) is 6.92 Å². The minimum Gasteiger partial charge on any atom is -0.394 e. The van der Waals surface area contributed by atoms with E-state index >= 15 is 0 Å². The summed E-state index contributed by atoms with van der Waals surface area (Å²) in [6, 6.07) is 0. The molecule has 0 aliphatic heterocycles. The second kappa shape index (κ2) is 15.7. The fourth-order valence-corrected chi connectivity index (χ4v) is 0.119. The molecule has 0 aromatic carbocycles. The Morgan fingerprint density at radius 2 is 1.89 bits per heavy atom. The standard InChI is InChI=1S/C3H7FO2.C2H5F/c4-3-6-2-1-5;1-2-3/h5H,1-3H2;2H2,1H3. The maximum Gasteiger partial charge on any atom is 0.188 e. The van der Waals surface area contributed by atoms with Crippen LogP contribution in [-0.2, 0) is 4.74 Å². The zero-order valence-electron chi connectivity index (χ0n) is 5.44. The molecule has 2 nitrogen and oxygen atoms in total. The molecular weight excluding hydrogens is 130 g/mol. The van der Waals surface area contributed by atoms with Gasteiger partial charge in [0.15, 0.2) is 6.86 Å². The van der Waals surface area contributed by atoms with Gasteiger partial charge < -0.3 is 9.84 Å². The molecule has 0 amide bonds. The highest BCUT2D eigenvalue weighted by Gasteiger charge is 1.76. The average molecular weight is 142 g/mol. The molecule has 0 aromatic rings. The van der Waals surface area contributed by atoms with Crippen LogP contribution in [-0.4, -0.2) is 31.9 Å². The Morgan fingerprint density at radius 3 is 2.00 bits per heavy atom.